The van der Waals surface area contributed by atoms with E-state index in [0.29, 0.717) is 23.3 Å². The summed E-state index contributed by atoms with van der Waals surface area (Å²) in [4.78, 5) is 0. The van der Waals surface area contributed by atoms with Crippen LogP contribution in [0.1, 0.15) is 40.5 Å². The van der Waals surface area contributed by atoms with E-state index in [1.165, 1.54) is 0 Å². The molecule has 2 nitrogen and oxygen atoms in total. The Labute approximate surface area is 83.1 Å². The zero-order chi connectivity index (χ0) is 10.5. The maximum Gasteiger partial charge on any atom is 0.0441 e. The number of rotatable bonds is 6. The van der Waals surface area contributed by atoms with Crippen LogP contribution in [0.2, 0.25) is 0 Å². The Morgan fingerprint density at radius 3 is 1.54 bits per heavy atom. The van der Waals surface area contributed by atoms with Crippen LogP contribution in [0, 0.1) is 16.6 Å². The van der Waals surface area contributed by atoms with Crippen LogP contribution >= 0.6 is 0 Å². The third-order valence-corrected chi connectivity index (χ3v) is 3.84. The minimum atomic E-state index is -2.27. The molecule has 0 unspecified atom stereocenters. The summed E-state index contributed by atoms with van der Waals surface area (Å²) in [5.41, 5.74) is 0. The van der Waals surface area contributed by atoms with Crippen molar-refractivity contribution in [1.82, 2.24) is 0 Å². The monoisotopic (exact) mass is 205 g/mol. The number of hydrogen-bond donors (Lipinski definition) is 1. The van der Waals surface area contributed by atoms with Crippen molar-refractivity contribution in [3.63, 3.8) is 0 Å². The van der Waals surface area contributed by atoms with Gasteiger partial charge in [0.1, 0.15) is 0 Å². The minimum absolute atomic E-state index is 0.560. The average molecular weight is 205 g/mol. The van der Waals surface area contributed by atoms with E-state index in [4.69, 9.17) is 4.78 Å². The summed E-state index contributed by atoms with van der Waals surface area (Å²) in [6, 6.07) is 0. The molecule has 0 rings (SSSR count). The van der Waals surface area contributed by atoms with Gasteiger partial charge in [0.2, 0.25) is 0 Å². The van der Waals surface area contributed by atoms with E-state index < -0.39 is 9.73 Å². The zero-order valence-corrected chi connectivity index (χ0v) is 10.1. The first kappa shape index (κ1) is 12.9. The fourth-order valence-corrected chi connectivity index (χ4v) is 2.86. The average Bonchev–Trinajstić information content (AvgIpc) is 1.98. The van der Waals surface area contributed by atoms with Gasteiger partial charge in [0, 0.05) is 21.2 Å². The van der Waals surface area contributed by atoms with E-state index in [1.807, 2.05) is 0 Å². The van der Waals surface area contributed by atoms with E-state index in [-0.39, 0.29) is 0 Å². The molecule has 0 aromatic heterocycles. The van der Waals surface area contributed by atoms with Gasteiger partial charge in [-0.25, -0.2) is 4.21 Å². The van der Waals surface area contributed by atoms with Crippen LogP contribution < -0.4 is 0 Å². The summed E-state index contributed by atoms with van der Waals surface area (Å²) >= 11 is 0. The Kier molecular flexibility index (Phi) is 5.61. The summed E-state index contributed by atoms with van der Waals surface area (Å²) in [7, 11) is -2.27. The highest BCUT2D eigenvalue weighted by atomic mass is 32.2. The molecule has 0 aliphatic rings. The lowest BCUT2D eigenvalue weighted by atomic mass is 10.2. The lowest BCUT2D eigenvalue weighted by Gasteiger charge is -2.10. The lowest BCUT2D eigenvalue weighted by molar-refractivity contribution is 0.599. The fourth-order valence-electron chi connectivity index (χ4n) is 0.954. The largest absolute Gasteiger partial charge is 0.253 e. The third kappa shape index (κ3) is 8.28. The molecule has 0 aromatic carbocycles. The standard InChI is InChI=1S/C10H23NOS/c1-9(2)5-7-13(11,12)8-6-10(3)4/h9-11H,5-8H2,1-4H3. The van der Waals surface area contributed by atoms with Gasteiger partial charge in [0.05, 0.1) is 0 Å². The SMILES string of the molecule is CC(C)CCS(=N)(=O)CCC(C)C. The Balaban J connectivity index is 3.81. The van der Waals surface area contributed by atoms with E-state index >= 15 is 0 Å². The predicted molar refractivity (Wildman–Crippen MR) is 59.5 cm³/mol. The molecule has 13 heavy (non-hydrogen) atoms. The predicted octanol–water partition coefficient (Wildman–Crippen LogP) is 3.13. The Morgan fingerprint density at radius 1 is 1.00 bits per heavy atom. The van der Waals surface area contributed by atoms with Gasteiger partial charge in [-0.15, -0.1) is 0 Å². The van der Waals surface area contributed by atoms with Crippen molar-refractivity contribution in [2.45, 2.75) is 40.5 Å². The molecule has 0 aliphatic carbocycles. The smallest absolute Gasteiger partial charge is 0.0441 e. The first-order valence-electron chi connectivity index (χ1n) is 5.07. The molecule has 0 atom stereocenters. The molecule has 0 heterocycles. The molecule has 0 saturated carbocycles. The molecule has 0 bridgehead atoms. The number of nitrogens with one attached hydrogen (secondary N) is 1. The quantitative estimate of drug-likeness (QED) is 0.711. The van der Waals surface area contributed by atoms with Crippen LogP contribution in [0.15, 0.2) is 0 Å². The Bertz CT molecular complexity index is 199. The van der Waals surface area contributed by atoms with Crippen molar-refractivity contribution in [3.8, 4) is 0 Å². The van der Waals surface area contributed by atoms with Crippen molar-refractivity contribution in [3.05, 3.63) is 0 Å². The fraction of sp³-hybridized carbons (Fsp3) is 1.00. The van der Waals surface area contributed by atoms with E-state index in [9.17, 15) is 4.21 Å². The summed E-state index contributed by atoms with van der Waals surface area (Å²) < 4.78 is 19.3. The van der Waals surface area contributed by atoms with Crippen molar-refractivity contribution >= 4 is 9.73 Å². The van der Waals surface area contributed by atoms with Gasteiger partial charge in [-0.3, -0.25) is 4.78 Å². The molecule has 3 heteroatoms. The van der Waals surface area contributed by atoms with E-state index in [2.05, 4.69) is 27.7 Å². The van der Waals surface area contributed by atoms with Gasteiger partial charge >= 0.3 is 0 Å². The highest BCUT2D eigenvalue weighted by molar-refractivity contribution is 7.92. The van der Waals surface area contributed by atoms with Crippen LogP contribution in [-0.2, 0) is 9.73 Å². The van der Waals surface area contributed by atoms with Gasteiger partial charge in [0.25, 0.3) is 0 Å². The molecular weight excluding hydrogens is 182 g/mol. The van der Waals surface area contributed by atoms with E-state index in [0.717, 1.165) is 12.8 Å². The zero-order valence-electron chi connectivity index (χ0n) is 9.30. The van der Waals surface area contributed by atoms with E-state index in [1.54, 1.807) is 0 Å². The molecule has 0 saturated heterocycles. The van der Waals surface area contributed by atoms with Crippen molar-refractivity contribution < 1.29 is 4.21 Å². The van der Waals surface area contributed by atoms with Gasteiger partial charge in [-0.2, -0.15) is 0 Å². The molecule has 0 fully saturated rings. The molecule has 0 radical (unpaired) electrons. The Hall–Kier alpha value is -0.0500. The summed E-state index contributed by atoms with van der Waals surface area (Å²) in [6.07, 6.45) is 1.83. The van der Waals surface area contributed by atoms with Gasteiger partial charge in [-0.05, 0) is 24.7 Å². The topological polar surface area (TPSA) is 40.9 Å². The minimum Gasteiger partial charge on any atom is -0.253 e. The second-order valence-electron chi connectivity index (χ2n) is 4.59. The second-order valence-corrected chi connectivity index (χ2v) is 7.03. The maximum atomic E-state index is 11.7. The maximum absolute atomic E-state index is 11.7. The molecule has 80 valence electrons. The van der Waals surface area contributed by atoms with Crippen molar-refractivity contribution in [2.24, 2.45) is 11.8 Å². The van der Waals surface area contributed by atoms with Crippen molar-refractivity contribution in [1.29, 1.82) is 4.78 Å². The van der Waals surface area contributed by atoms with Crippen LogP contribution in [0.3, 0.4) is 0 Å². The first-order chi connectivity index (χ1) is 5.83. The molecule has 0 aromatic rings. The van der Waals surface area contributed by atoms with Crippen LogP contribution in [0.4, 0.5) is 0 Å². The molecule has 0 aliphatic heterocycles. The van der Waals surface area contributed by atoms with Crippen molar-refractivity contribution in [2.75, 3.05) is 11.5 Å². The molecule has 0 spiro atoms. The van der Waals surface area contributed by atoms with Crippen LogP contribution in [0.5, 0.6) is 0 Å². The van der Waals surface area contributed by atoms with Crippen LogP contribution in [0.25, 0.3) is 0 Å². The lowest BCUT2D eigenvalue weighted by Crippen LogP contribution is -2.12. The first-order valence-corrected chi connectivity index (χ1v) is 6.97. The molecular formula is C10H23NOS. The summed E-state index contributed by atoms with van der Waals surface area (Å²) in [5.74, 6) is 2.28. The normalized spacial score (nSPS) is 12.8. The molecule has 0 amide bonds. The van der Waals surface area contributed by atoms with Crippen LogP contribution in [-0.4, -0.2) is 15.7 Å². The third-order valence-electron chi connectivity index (χ3n) is 2.05. The van der Waals surface area contributed by atoms with Gasteiger partial charge < -0.3 is 0 Å². The molecule has 1 N–H and O–H groups in total. The second kappa shape index (κ2) is 5.63. The summed E-state index contributed by atoms with van der Waals surface area (Å²) in [5, 5.41) is 0. The Morgan fingerprint density at radius 2 is 1.31 bits per heavy atom. The highest BCUT2D eigenvalue weighted by Crippen LogP contribution is 2.08. The summed E-state index contributed by atoms with van der Waals surface area (Å²) in [6.45, 7) is 8.44. The van der Waals surface area contributed by atoms with Gasteiger partial charge in [-0.1, -0.05) is 27.7 Å². The number of hydrogen-bond acceptors (Lipinski definition) is 2. The van der Waals surface area contributed by atoms with Gasteiger partial charge in [0.15, 0.2) is 0 Å². The highest BCUT2D eigenvalue weighted by Gasteiger charge is 2.08.